The van der Waals surface area contributed by atoms with Crippen LogP contribution < -0.4 is 5.56 Å². The number of aromatic nitrogens is 1. The number of H-pyrrole nitrogens is 1. The molecule has 1 N–H and O–H groups in total. The van der Waals surface area contributed by atoms with Gasteiger partial charge in [-0.2, -0.15) is 0 Å². The number of rotatable bonds is 4. The molecule has 0 aromatic carbocycles. The molecule has 0 aliphatic carbocycles. The summed E-state index contributed by atoms with van der Waals surface area (Å²) in [6.07, 6.45) is 5.35. The lowest BCUT2D eigenvalue weighted by atomic mass is 9.98. The Balaban J connectivity index is 2.54. The van der Waals surface area contributed by atoms with Gasteiger partial charge in [0, 0.05) is 12.3 Å². The minimum atomic E-state index is -0.0214. The predicted molar refractivity (Wildman–Crippen MR) is 54.8 cm³/mol. The van der Waals surface area contributed by atoms with Gasteiger partial charge in [0.1, 0.15) is 0 Å². The molecule has 0 amide bonds. The van der Waals surface area contributed by atoms with Crippen molar-refractivity contribution < 1.29 is 0 Å². The number of hydrogen-bond donors (Lipinski definition) is 1. The van der Waals surface area contributed by atoms with Crippen molar-refractivity contribution in [2.45, 2.75) is 33.1 Å². The van der Waals surface area contributed by atoms with Gasteiger partial charge in [-0.1, -0.05) is 32.8 Å². The van der Waals surface area contributed by atoms with Gasteiger partial charge in [0.25, 0.3) is 0 Å². The lowest BCUT2D eigenvalue weighted by Crippen LogP contribution is -2.05. The maximum absolute atomic E-state index is 10.8. The van der Waals surface area contributed by atoms with Crippen LogP contribution in [0.15, 0.2) is 23.1 Å². The Morgan fingerprint density at radius 3 is 2.77 bits per heavy atom. The van der Waals surface area contributed by atoms with Gasteiger partial charge in [0.2, 0.25) is 5.56 Å². The highest BCUT2D eigenvalue weighted by atomic mass is 16.1. The van der Waals surface area contributed by atoms with Crippen LogP contribution in [0.4, 0.5) is 0 Å². The van der Waals surface area contributed by atoms with E-state index >= 15 is 0 Å². The van der Waals surface area contributed by atoms with Gasteiger partial charge in [0.15, 0.2) is 0 Å². The number of nitrogens with one attached hydrogen (secondary N) is 1. The molecule has 0 saturated carbocycles. The molecule has 2 heteroatoms. The van der Waals surface area contributed by atoms with E-state index in [0.717, 1.165) is 6.42 Å². The first kappa shape index (κ1) is 10.0. The average Bonchev–Trinajstić information content (AvgIpc) is 2.09. The third-order valence-electron chi connectivity index (χ3n) is 2.21. The highest BCUT2D eigenvalue weighted by molar-refractivity contribution is 5.09. The van der Waals surface area contributed by atoms with E-state index in [-0.39, 0.29) is 5.56 Å². The molecule has 0 radical (unpaired) electrons. The molecule has 1 rings (SSSR count). The molecular formula is C11H17NO. The Labute approximate surface area is 79.0 Å². The average molecular weight is 179 g/mol. The number of pyridine rings is 1. The van der Waals surface area contributed by atoms with Crippen LogP contribution in [-0.2, 0) is 6.42 Å². The van der Waals surface area contributed by atoms with Gasteiger partial charge in [-0.15, -0.1) is 0 Å². The zero-order chi connectivity index (χ0) is 9.68. The summed E-state index contributed by atoms with van der Waals surface area (Å²) in [6.45, 7) is 4.44. The van der Waals surface area contributed by atoms with Crippen LogP contribution in [0.5, 0.6) is 0 Å². The van der Waals surface area contributed by atoms with Crippen molar-refractivity contribution in [2.24, 2.45) is 5.92 Å². The van der Waals surface area contributed by atoms with Crippen molar-refractivity contribution in [3.63, 3.8) is 0 Å². The van der Waals surface area contributed by atoms with Crippen molar-refractivity contribution in [3.8, 4) is 0 Å². The monoisotopic (exact) mass is 179 g/mol. The minimum absolute atomic E-state index is 0.0214. The van der Waals surface area contributed by atoms with E-state index in [0.29, 0.717) is 5.92 Å². The Morgan fingerprint density at radius 2 is 2.23 bits per heavy atom. The van der Waals surface area contributed by atoms with Gasteiger partial charge >= 0.3 is 0 Å². The van der Waals surface area contributed by atoms with Gasteiger partial charge in [-0.05, 0) is 17.9 Å². The first-order valence-electron chi connectivity index (χ1n) is 4.90. The van der Waals surface area contributed by atoms with E-state index in [1.165, 1.54) is 18.4 Å². The fourth-order valence-electron chi connectivity index (χ4n) is 1.57. The van der Waals surface area contributed by atoms with E-state index < -0.39 is 0 Å². The summed E-state index contributed by atoms with van der Waals surface area (Å²) in [6, 6.07) is 3.50. The normalized spacial score (nSPS) is 12.8. The highest BCUT2D eigenvalue weighted by Crippen LogP contribution is 2.11. The molecule has 0 bridgehead atoms. The van der Waals surface area contributed by atoms with Gasteiger partial charge in [0.05, 0.1) is 0 Å². The third kappa shape index (κ3) is 3.45. The van der Waals surface area contributed by atoms with Crippen LogP contribution >= 0.6 is 0 Å². The Bertz CT molecular complexity index is 283. The lowest BCUT2D eigenvalue weighted by molar-refractivity contribution is 0.522. The molecular weight excluding hydrogens is 162 g/mol. The molecule has 1 heterocycles. The quantitative estimate of drug-likeness (QED) is 0.756. The fourth-order valence-corrected chi connectivity index (χ4v) is 1.57. The van der Waals surface area contributed by atoms with Crippen LogP contribution in [0.25, 0.3) is 0 Å². The van der Waals surface area contributed by atoms with Crippen molar-refractivity contribution in [1.82, 2.24) is 4.98 Å². The zero-order valence-electron chi connectivity index (χ0n) is 8.34. The van der Waals surface area contributed by atoms with E-state index in [1.807, 2.05) is 12.3 Å². The van der Waals surface area contributed by atoms with Crippen LogP contribution in [0.1, 0.15) is 32.3 Å². The standard InChI is InChI=1S/C11H17NO/c1-3-4-9(2)7-10-5-6-11(13)12-8-10/h5-6,8-9H,3-4,7H2,1-2H3,(H,12,13). The molecule has 1 atom stereocenters. The smallest absolute Gasteiger partial charge is 0.247 e. The topological polar surface area (TPSA) is 32.9 Å². The summed E-state index contributed by atoms with van der Waals surface area (Å²) in [5.74, 6) is 0.705. The fraction of sp³-hybridized carbons (Fsp3) is 0.545. The van der Waals surface area contributed by atoms with E-state index in [2.05, 4.69) is 18.8 Å². The Morgan fingerprint density at radius 1 is 1.46 bits per heavy atom. The van der Waals surface area contributed by atoms with Crippen LogP contribution in [0.3, 0.4) is 0 Å². The van der Waals surface area contributed by atoms with Crippen LogP contribution in [0, 0.1) is 5.92 Å². The molecule has 72 valence electrons. The Hall–Kier alpha value is -1.05. The van der Waals surface area contributed by atoms with Crippen LogP contribution in [0.2, 0.25) is 0 Å². The highest BCUT2D eigenvalue weighted by Gasteiger charge is 2.01. The minimum Gasteiger partial charge on any atom is -0.329 e. The molecule has 0 fully saturated rings. The van der Waals surface area contributed by atoms with Crippen molar-refractivity contribution in [3.05, 3.63) is 34.2 Å². The van der Waals surface area contributed by atoms with Crippen molar-refractivity contribution in [2.75, 3.05) is 0 Å². The SMILES string of the molecule is CCCC(C)Cc1ccc(=O)[nH]c1. The summed E-state index contributed by atoms with van der Waals surface area (Å²) >= 11 is 0. The molecule has 1 unspecified atom stereocenters. The number of hydrogen-bond acceptors (Lipinski definition) is 1. The molecule has 0 aliphatic rings. The maximum atomic E-state index is 10.8. The first-order valence-corrected chi connectivity index (χ1v) is 4.90. The van der Waals surface area contributed by atoms with Gasteiger partial charge in [-0.3, -0.25) is 4.79 Å². The molecule has 0 aliphatic heterocycles. The molecule has 1 aromatic heterocycles. The second kappa shape index (κ2) is 4.85. The van der Waals surface area contributed by atoms with Gasteiger partial charge < -0.3 is 4.98 Å². The maximum Gasteiger partial charge on any atom is 0.247 e. The second-order valence-corrected chi connectivity index (χ2v) is 3.66. The first-order chi connectivity index (χ1) is 6.22. The molecule has 13 heavy (non-hydrogen) atoms. The largest absolute Gasteiger partial charge is 0.329 e. The number of aromatic amines is 1. The summed E-state index contributed by atoms with van der Waals surface area (Å²) in [5, 5.41) is 0. The van der Waals surface area contributed by atoms with E-state index in [9.17, 15) is 4.79 Å². The summed E-state index contributed by atoms with van der Waals surface area (Å²) in [4.78, 5) is 13.5. The predicted octanol–water partition coefficient (Wildman–Crippen LogP) is 2.35. The molecule has 2 nitrogen and oxygen atoms in total. The lowest BCUT2D eigenvalue weighted by Gasteiger charge is -2.08. The molecule has 0 saturated heterocycles. The van der Waals surface area contributed by atoms with Gasteiger partial charge in [-0.25, -0.2) is 0 Å². The van der Waals surface area contributed by atoms with Crippen molar-refractivity contribution in [1.29, 1.82) is 0 Å². The van der Waals surface area contributed by atoms with E-state index in [1.54, 1.807) is 6.07 Å². The zero-order valence-corrected chi connectivity index (χ0v) is 8.34. The molecule has 0 spiro atoms. The molecule has 1 aromatic rings. The van der Waals surface area contributed by atoms with E-state index in [4.69, 9.17) is 0 Å². The third-order valence-corrected chi connectivity index (χ3v) is 2.21. The Kier molecular flexibility index (Phi) is 3.74. The summed E-state index contributed by atoms with van der Waals surface area (Å²) in [7, 11) is 0. The van der Waals surface area contributed by atoms with Crippen LogP contribution in [-0.4, -0.2) is 4.98 Å². The van der Waals surface area contributed by atoms with Crippen molar-refractivity contribution >= 4 is 0 Å². The second-order valence-electron chi connectivity index (χ2n) is 3.66. The summed E-state index contributed by atoms with van der Waals surface area (Å²) in [5.41, 5.74) is 1.20. The summed E-state index contributed by atoms with van der Waals surface area (Å²) < 4.78 is 0.